The predicted molar refractivity (Wildman–Crippen MR) is 88.9 cm³/mol. The largest absolute Gasteiger partial charge is 0.363 e. The molecule has 0 saturated carbocycles. The van der Waals surface area contributed by atoms with Crippen molar-refractivity contribution in [3.8, 4) is 0 Å². The van der Waals surface area contributed by atoms with Gasteiger partial charge < -0.3 is 15.0 Å². The standard InChI is InChI=1S/C15H18N6O2S/c1-9-19-20-15(24-9)21-5-2-10-6-11(23-12(10)8-21)14(22)18-13-7-16-3-4-17-13/h3-4,7,10-12H,2,5-6,8H2,1H3,(H,17,18,22)/t10-,11+,12+/m0/s1. The maximum absolute atomic E-state index is 12.4. The maximum atomic E-state index is 12.4. The molecule has 0 spiro atoms. The van der Waals surface area contributed by atoms with Crippen molar-refractivity contribution in [1.82, 2.24) is 20.2 Å². The van der Waals surface area contributed by atoms with E-state index < -0.39 is 6.10 Å². The van der Waals surface area contributed by atoms with Crippen LogP contribution in [0.25, 0.3) is 0 Å². The fourth-order valence-electron chi connectivity index (χ4n) is 3.26. The molecule has 2 aliphatic heterocycles. The first-order valence-electron chi connectivity index (χ1n) is 7.96. The van der Waals surface area contributed by atoms with Crippen molar-refractivity contribution in [2.75, 3.05) is 23.3 Å². The Morgan fingerprint density at radius 2 is 2.33 bits per heavy atom. The van der Waals surface area contributed by atoms with Gasteiger partial charge in [-0.1, -0.05) is 11.3 Å². The number of anilines is 2. The molecule has 2 aliphatic rings. The van der Waals surface area contributed by atoms with Gasteiger partial charge in [0.1, 0.15) is 11.1 Å². The summed E-state index contributed by atoms with van der Waals surface area (Å²) in [7, 11) is 0. The van der Waals surface area contributed by atoms with Gasteiger partial charge in [-0.05, 0) is 25.7 Å². The van der Waals surface area contributed by atoms with E-state index >= 15 is 0 Å². The van der Waals surface area contributed by atoms with E-state index in [4.69, 9.17) is 4.74 Å². The zero-order valence-electron chi connectivity index (χ0n) is 13.3. The zero-order valence-corrected chi connectivity index (χ0v) is 14.1. The Hall–Kier alpha value is -2.13. The average molecular weight is 346 g/mol. The second kappa shape index (κ2) is 6.40. The number of fused-ring (bicyclic) bond motifs is 1. The molecule has 3 atom stereocenters. The number of hydrogen-bond donors (Lipinski definition) is 1. The van der Waals surface area contributed by atoms with Crippen molar-refractivity contribution in [3.05, 3.63) is 23.6 Å². The highest BCUT2D eigenvalue weighted by Crippen LogP contribution is 2.35. The van der Waals surface area contributed by atoms with Crippen LogP contribution in [-0.2, 0) is 9.53 Å². The summed E-state index contributed by atoms with van der Waals surface area (Å²) in [6, 6.07) is 0. The molecule has 0 bridgehead atoms. The SMILES string of the molecule is Cc1nnc(N2CC[C@H]3C[C@H](C(=O)Nc4cnccn4)O[C@@H]3C2)s1. The molecular weight excluding hydrogens is 328 g/mol. The molecule has 2 aromatic heterocycles. The molecule has 9 heteroatoms. The third-order valence-electron chi connectivity index (χ3n) is 4.44. The zero-order chi connectivity index (χ0) is 16.5. The number of nitrogens with one attached hydrogen (secondary N) is 1. The summed E-state index contributed by atoms with van der Waals surface area (Å²) in [6.07, 6.45) is 6.02. The van der Waals surface area contributed by atoms with Gasteiger partial charge in [-0.25, -0.2) is 4.98 Å². The first-order valence-corrected chi connectivity index (χ1v) is 8.78. The van der Waals surface area contributed by atoms with Gasteiger partial charge in [0.25, 0.3) is 5.91 Å². The molecule has 4 heterocycles. The summed E-state index contributed by atoms with van der Waals surface area (Å²) in [4.78, 5) is 22.6. The van der Waals surface area contributed by atoms with Crippen molar-refractivity contribution in [3.63, 3.8) is 0 Å². The Labute approximate surface area is 143 Å². The van der Waals surface area contributed by atoms with Crippen LogP contribution >= 0.6 is 11.3 Å². The second-order valence-corrected chi connectivity index (χ2v) is 7.24. The molecule has 0 unspecified atom stereocenters. The van der Waals surface area contributed by atoms with Crippen molar-refractivity contribution < 1.29 is 9.53 Å². The number of rotatable bonds is 3. The Balaban J connectivity index is 1.38. The van der Waals surface area contributed by atoms with Crippen molar-refractivity contribution in [2.45, 2.75) is 32.0 Å². The molecular formula is C15H18N6O2S. The number of piperidine rings is 1. The lowest BCUT2D eigenvalue weighted by Gasteiger charge is -2.33. The van der Waals surface area contributed by atoms with E-state index in [9.17, 15) is 4.79 Å². The lowest BCUT2D eigenvalue weighted by Crippen LogP contribution is -2.42. The highest BCUT2D eigenvalue weighted by molar-refractivity contribution is 7.15. The molecule has 2 fully saturated rings. The van der Waals surface area contributed by atoms with Crippen LogP contribution in [0.15, 0.2) is 18.6 Å². The predicted octanol–water partition coefficient (Wildman–Crippen LogP) is 1.26. The van der Waals surface area contributed by atoms with Crippen molar-refractivity contribution in [2.24, 2.45) is 5.92 Å². The Kier molecular flexibility index (Phi) is 4.11. The second-order valence-electron chi connectivity index (χ2n) is 6.08. The Morgan fingerprint density at radius 3 is 3.08 bits per heavy atom. The minimum Gasteiger partial charge on any atom is -0.363 e. The maximum Gasteiger partial charge on any atom is 0.254 e. The molecule has 24 heavy (non-hydrogen) atoms. The number of carbonyl (C=O) groups is 1. The van der Waals surface area contributed by atoms with Gasteiger partial charge in [0, 0.05) is 25.5 Å². The molecule has 0 aliphatic carbocycles. The molecule has 0 radical (unpaired) electrons. The monoisotopic (exact) mass is 346 g/mol. The molecule has 1 amide bonds. The third-order valence-corrected chi connectivity index (χ3v) is 5.34. The molecule has 2 aromatic rings. The first-order chi connectivity index (χ1) is 11.7. The van der Waals surface area contributed by atoms with E-state index in [1.165, 1.54) is 6.20 Å². The van der Waals surface area contributed by atoms with Crippen LogP contribution in [0.2, 0.25) is 0 Å². The van der Waals surface area contributed by atoms with E-state index in [1.54, 1.807) is 23.7 Å². The van der Waals surface area contributed by atoms with Crippen LogP contribution in [0.5, 0.6) is 0 Å². The quantitative estimate of drug-likeness (QED) is 0.894. The number of aryl methyl sites for hydroxylation is 1. The molecule has 8 nitrogen and oxygen atoms in total. The normalized spacial score (nSPS) is 26.2. The van der Waals surface area contributed by atoms with Crippen LogP contribution < -0.4 is 10.2 Å². The van der Waals surface area contributed by atoms with Crippen LogP contribution in [0, 0.1) is 12.8 Å². The Bertz CT molecular complexity index is 724. The fourth-order valence-corrected chi connectivity index (χ4v) is 3.98. The van der Waals surface area contributed by atoms with Crippen LogP contribution in [-0.4, -0.2) is 51.4 Å². The lowest BCUT2D eigenvalue weighted by atomic mass is 9.92. The van der Waals surface area contributed by atoms with Crippen LogP contribution in [0.4, 0.5) is 10.9 Å². The number of hydrogen-bond acceptors (Lipinski definition) is 8. The topological polar surface area (TPSA) is 93.1 Å². The summed E-state index contributed by atoms with van der Waals surface area (Å²) in [6.45, 7) is 3.64. The van der Waals surface area contributed by atoms with E-state index in [-0.39, 0.29) is 12.0 Å². The van der Waals surface area contributed by atoms with Gasteiger partial charge in [-0.15, -0.1) is 10.2 Å². The van der Waals surface area contributed by atoms with E-state index in [0.29, 0.717) is 11.7 Å². The number of ether oxygens (including phenoxy) is 1. The number of amides is 1. The number of nitrogens with zero attached hydrogens (tertiary/aromatic N) is 5. The highest BCUT2D eigenvalue weighted by atomic mass is 32.1. The molecule has 2 saturated heterocycles. The lowest BCUT2D eigenvalue weighted by molar-refractivity contribution is -0.126. The summed E-state index contributed by atoms with van der Waals surface area (Å²) >= 11 is 1.59. The summed E-state index contributed by atoms with van der Waals surface area (Å²) in [5, 5.41) is 12.9. The van der Waals surface area contributed by atoms with Gasteiger partial charge in [0.15, 0.2) is 5.82 Å². The first kappa shape index (κ1) is 15.4. The van der Waals surface area contributed by atoms with Gasteiger partial charge >= 0.3 is 0 Å². The molecule has 4 rings (SSSR count). The Morgan fingerprint density at radius 1 is 1.42 bits per heavy atom. The minimum atomic E-state index is -0.432. The highest BCUT2D eigenvalue weighted by Gasteiger charge is 2.42. The molecule has 0 aromatic carbocycles. The van der Waals surface area contributed by atoms with E-state index in [1.807, 2.05) is 6.92 Å². The summed E-state index contributed by atoms with van der Waals surface area (Å²) in [5.74, 6) is 0.711. The molecule has 1 N–H and O–H groups in total. The van der Waals surface area contributed by atoms with Crippen molar-refractivity contribution >= 4 is 28.2 Å². The van der Waals surface area contributed by atoms with Crippen molar-refractivity contribution in [1.29, 1.82) is 0 Å². The smallest absolute Gasteiger partial charge is 0.254 e. The van der Waals surface area contributed by atoms with Gasteiger partial charge in [-0.2, -0.15) is 0 Å². The van der Waals surface area contributed by atoms with Gasteiger partial charge in [0.05, 0.1) is 12.3 Å². The van der Waals surface area contributed by atoms with E-state index in [2.05, 4.69) is 30.4 Å². The third kappa shape index (κ3) is 3.09. The number of aromatic nitrogens is 4. The van der Waals surface area contributed by atoms with Gasteiger partial charge in [-0.3, -0.25) is 9.78 Å². The minimum absolute atomic E-state index is 0.0561. The van der Waals surface area contributed by atoms with Crippen LogP contribution in [0.3, 0.4) is 0 Å². The fraction of sp³-hybridized carbons (Fsp3) is 0.533. The van der Waals surface area contributed by atoms with Gasteiger partial charge in [0.2, 0.25) is 5.13 Å². The van der Waals surface area contributed by atoms with E-state index in [0.717, 1.165) is 36.1 Å². The molecule has 126 valence electrons. The number of carbonyl (C=O) groups excluding carboxylic acids is 1. The average Bonchev–Trinajstić information content (AvgIpc) is 3.21. The van der Waals surface area contributed by atoms with Crippen LogP contribution in [0.1, 0.15) is 17.8 Å². The summed E-state index contributed by atoms with van der Waals surface area (Å²) in [5.41, 5.74) is 0. The summed E-state index contributed by atoms with van der Waals surface area (Å²) < 4.78 is 6.01.